The normalized spacial score (nSPS) is 10.3. The number of hydrogen-bond donors (Lipinski definition) is 2. The molecule has 2 aromatic heterocycles. The van der Waals surface area contributed by atoms with Crippen molar-refractivity contribution in [3.8, 4) is 0 Å². The lowest BCUT2D eigenvalue weighted by atomic mass is 10.1. The van der Waals surface area contributed by atoms with Crippen molar-refractivity contribution in [1.82, 2.24) is 20.3 Å². The van der Waals surface area contributed by atoms with E-state index in [0.717, 1.165) is 11.3 Å². The van der Waals surface area contributed by atoms with E-state index in [9.17, 15) is 4.79 Å². The van der Waals surface area contributed by atoms with Crippen LogP contribution in [-0.2, 0) is 13.1 Å². The number of hydrogen-bond acceptors (Lipinski definition) is 5. The van der Waals surface area contributed by atoms with E-state index in [-0.39, 0.29) is 5.91 Å². The van der Waals surface area contributed by atoms with Crippen molar-refractivity contribution in [3.63, 3.8) is 0 Å². The van der Waals surface area contributed by atoms with E-state index < -0.39 is 0 Å². The molecule has 0 aliphatic heterocycles. The second-order valence-electron chi connectivity index (χ2n) is 5.63. The molecule has 2 N–H and O–H groups in total. The number of nitrogens with one attached hydrogen (secondary N) is 2. The number of carbonyl (C=O) groups is 1. The lowest BCUT2D eigenvalue weighted by Gasteiger charge is -2.08. The third kappa shape index (κ3) is 4.84. The van der Waals surface area contributed by atoms with E-state index >= 15 is 0 Å². The largest absolute Gasteiger partial charge is 0.366 e. The molecule has 1 aromatic carbocycles. The van der Waals surface area contributed by atoms with E-state index in [0.29, 0.717) is 24.6 Å². The molecule has 3 aromatic rings. The number of rotatable bonds is 6. The maximum Gasteiger partial charge on any atom is 0.270 e. The first-order chi connectivity index (χ1) is 12.2. The third-order valence-electron chi connectivity index (χ3n) is 3.61. The average molecular weight is 333 g/mol. The van der Waals surface area contributed by atoms with Crippen LogP contribution in [0.5, 0.6) is 0 Å². The van der Waals surface area contributed by atoms with Crippen LogP contribution in [0.3, 0.4) is 0 Å². The number of aromatic nitrogens is 3. The zero-order chi connectivity index (χ0) is 17.5. The lowest BCUT2D eigenvalue weighted by Crippen LogP contribution is -2.24. The Labute approximate surface area is 146 Å². The molecule has 0 radical (unpaired) electrons. The topological polar surface area (TPSA) is 79.8 Å². The van der Waals surface area contributed by atoms with Gasteiger partial charge in [-0.2, -0.15) is 0 Å². The Morgan fingerprint density at radius 2 is 1.92 bits per heavy atom. The van der Waals surface area contributed by atoms with Gasteiger partial charge in [-0.05, 0) is 24.6 Å². The molecular weight excluding hydrogens is 314 g/mol. The smallest absolute Gasteiger partial charge is 0.270 e. The highest BCUT2D eigenvalue weighted by atomic mass is 16.1. The summed E-state index contributed by atoms with van der Waals surface area (Å²) in [5, 5.41) is 6.02. The van der Waals surface area contributed by atoms with Crippen molar-refractivity contribution in [3.05, 3.63) is 83.6 Å². The zero-order valence-electron chi connectivity index (χ0n) is 13.9. The molecule has 0 atom stereocenters. The molecular formula is C19H19N5O. The van der Waals surface area contributed by atoms with Crippen LogP contribution in [0.4, 0.5) is 5.82 Å². The maximum absolute atomic E-state index is 12.2. The number of benzene rings is 1. The molecule has 0 bridgehead atoms. The predicted octanol–water partition coefficient (Wildman–Crippen LogP) is 2.72. The minimum Gasteiger partial charge on any atom is -0.366 e. The molecule has 0 saturated heterocycles. The second kappa shape index (κ2) is 8.01. The van der Waals surface area contributed by atoms with Gasteiger partial charge in [0.25, 0.3) is 5.91 Å². The molecule has 0 saturated carbocycles. The summed E-state index contributed by atoms with van der Waals surface area (Å²) in [6, 6.07) is 15.4. The van der Waals surface area contributed by atoms with E-state index in [4.69, 9.17) is 0 Å². The van der Waals surface area contributed by atoms with E-state index in [1.807, 2.05) is 30.3 Å². The summed E-state index contributed by atoms with van der Waals surface area (Å²) < 4.78 is 0. The van der Waals surface area contributed by atoms with E-state index in [2.05, 4.69) is 44.6 Å². The Morgan fingerprint density at radius 1 is 1.00 bits per heavy atom. The Kier molecular flexibility index (Phi) is 5.31. The SMILES string of the molecule is Cc1cccc(CNc2cc(C(=O)NCc3ccccn3)ncn2)c1. The first-order valence-corrected chi connectivity index (χ1v) is 8.00. The van der Waals surface area contributed by atoms with Gasteiger partial charge in [-0.1, -0.05) is 35.9 Å². The quantitative estimate of drug-likeness (QED) is 0.725. The Bertz CT molecular complexity index is 851. The number of anilines is 1. The fraction of sp³-hybridized carbons (Fsp3) is 0.158. The summed E-state index contributed by atoms with van der Waals surface area (Å²) in [4.78, 5) is 24.6. The lowest BCUT2D eigenvalue weighted by molar-refractivity contribution is 0.0945. The molecule has 6 heteroatoms. The highest BCUT2D eigenvalue weighted by Gasteiger charge is 2.08. The zero-order valence-corrected chi connectivity index (χ0v) is 13.9. The molecule has 6 nitrogen and oxygen atoms in total. The third-order valence-corrected chi connectivity index (χ3v) is 3.61. The van der Waals surface area contributed by atoms with Crippen molar-refractivity contribution in [2.45, 2.75) is 20.0 Å². The molecule has 1 amide bonds. The van der Waals surface area contributed by atoms with Gasteiger partial charge in [-0.3, -0.25) is 9.78 Å². The summed E-state index contributed by atoms with van der Waals surface area (Å²) in [6.07, 6.45) is 3.08. The molecule has 0 aliphatic rings. The van der Waals surface area contributed by atoms with Gasteiger partial charge < -0.3 is 10.6 Å². The summed E-state index contributed by atoms with van der Waals surface area (Å²) in [5.41, 5.74) is 3.47. The van der Waals surface area contributed by atoms with Crippen LogP contribution < -0.4 is 10.6 Å². The summed E-state index contributed by atoms with van der Waals surface area (Å²) in [7, 11) is 0. The van der Waals surface area contributed by atoms with Crippen molar-refractivity contribution in [2.75, 3.05) is 5.32 Å². The van der Waals surface area contributed by atoms with E-state index in [1.54, 1.807) is 12.3 Å². The van der Waals surface area contributed by atoms with Gasteiger partial charge in [0.1, 0.15) is 17.8 Å². The highest BCUT2D eigenvalue weighted by molar-refractivity contribution is 5.92. The Hall–Kier alpha value is -3.28. The predicted molar refractivity (Wildman–Crippen MR) is 95.9 cm³/mol. The highest BCUT2D eigenvalue weighted by Crippen LogP contribution is 2.09. The molecule has 2 heterocycles. The standard InChI is InChI=1S/C19H19N5O/c1-14-5-4-6-15(9-14)11-21-18-10-17(23-13-24-18)19(25)22-12-16-7-2-3-8-20-16/h2-10,13H,11-12H2,1H3,(H,22,25)(H,21,23,24). The van der Waals surface area contributed by atoms with Crippen LogP contribution in [0.25, 0.3) is 0 Å². The van der Waals surface area contributed by atoms with Gasteiger partial charge in [0.15, 0.2) is 0 Å². The van der Waals surface area contributed by atoms with Crippen LogP contribution >= 0.6 is 0 Å². The molecule has 0 aliphatic carbocycles. The number of pyridine rings is 1. The van der Waals surface area contributed by atoms with Crippen LogP contribution in [0.2, 0.25) is 0 Å². The van der Waals surface area contributed by atoms with Crippen LogP contribution in [0, 0.1) is 6.92 Å². The summed E-state index contributed by atoms with van der Waals surface area (Å²) in [5.74, 6) is 0.353. The Balaban J connectivity index is 1.59. The van der Waals surface area contributed by atoms with Crippen molar-refractivity contribution in [2.24, 2.45) is 0 Å². The molecule has 3 rings (SSSR count). The molecule has 25 heavy (non-hydrogen) atoms. The maximum atomic E-state index is 12.2. The number of amides is 1. The van der Waals surface area contributed by atoms with Gasteiger partial charge in [0.2, 0.25) is 0 Å². The average Bonchev–Trinajstić information content (AvgIpc) is 2.65. The number of aryl methyl sites for hydroxylation is 1. The number of carbonyl (C=O) groups excluding carboxylic acids is 1. The van der Waals surface area contributed by atoms with Crippen molar-refractivity contribution < 1.29 is 4.79 Å². The summed E-state index contributed by atoms with van der Waals surface area (Å²) in [6.45, 7) is 3.04. The molecule has 0 fully saturated rings. The minimum absolute atomic E-state index is 0.258. The van der Waals surface area contributed by atoms with Crippen molar-refractivity contribution >= 4 is 11.7 Å². The Morgan fingerprint density at radius 3 is 2.72 bits per heavy atom. The second-order valence-corrected chi connectivity index (χ2v) is 5.63. The first-order valence-electron chi connectivity index (χ1n) is 8.00. The van der Waals surface area contributed by atoms with Gasteiger partial charge in [-0.25, -0.2) is 9.97 Å². The van der Waals surface area contributed by atoms with Gasteiger partial charge in [-0.15, -0.1) is 0 Å². The monoisotopic (exact) mass is 333 g/mol. The first kappa shape index (κ1) is 16.6. The summed E-state index contributed by atoms with van der Waals surface area (Å²) >= 11 is 0. The van der Waals surface area contributed by atoms with Crippen LogP contribution in [-0.4, -0.2) is 20.9 Å². The fourth-order valence-electron chi connectivity index (χ4n) is 2.36. The van der Waals surface area contributed by atoms with Gasteiger partial charge in [0, 0.05) is 18.8 Å². The van der Waals surface area contributed by atoms with Gasteiger partial charge in [0.05, 0.1) is 12.2 Å². The number of nitrogens with zero attached hydrogens (tertiary/aromatic N) is 3. The van der Waals surface area contributed by atoms with Crippen molar-refractivity contribution in [1.29, 1.82) is 0 Å². The van der Waals surface area contributed by atoms with Crippen LogP contribution in [0.15, 0.2) is 61.1 Å². The molecule has 0 unspecified atom stereocenters. The van der Waals surface area contributed by atoms with E-state index in [1.165, 1.54) is 11.9 Å². The minimum atomic E-state index is -0.258. The fourth-order valence-corrected chi connectivity index (χ4v) is 2.36. The molecule has 0 spiro atoms. The molecule has 126 valence electrons. The van der Waals surface area contributed by atoms with Gasteiger partial charge >= 0.3 is 0 Å². The van der Waals surface area contributed by atoms with Crippen LogP contribution in [0.1, 0.15) is 27.3 Å².